The van der Waals surface area contributed by atoms with E-state index < -0.39 is 7.12 Å². The van der Waals surface area contributed by atoms with Gasteiger partial charge < -0.3 is 14.6 Å². The van der Waals surface area contributed by atoms with Crippen LogP contribution in [0.3, 0.4) is 0 Å². The number of aromatic nitrogens is 1. The maximum Gasteiger partial charge on any atom is 0.489 e. The van der Waals surface area contributed by atoms with Crippen molar-refractivity contribution in [3.63, 3.8) is 0 Å². The van der Waals surface area contributed by atoms with Crippen molar-refractivity contribution in [1.82, 2.24) is 4.57 Å². The number of allylic oxidation sites excluding steroid dienone is 4. The lowest BCUT2D eigenvalue weighted by Gasteiger charge is -2.15. The van der Waals surface area contributed by atoms with E-state index in [-0.39, 0.29) is 0 Å². The standard InChI is InChI=1S/C19H18BNO2/c1-13-6-4-7-14(12-13)21-17-10-3-2-8-15(17)19-16(20(22)23)9-5-11-18(19)21/h2-5,7-13,22-23H,6H2,1H3. The van der Waals surface area contributed by atoms with E-state index in [0.717, 1.165) is 33.9 Å². The van der Waals surface area contributed by atoms with Crippen molar-refractivity contribution >= 4 is 40.1 Å². The predicted octanol–water partition coefficient (Wildman–Crippen LogP) is 2.91. The maximum absolute atomic E-state index is 9.76. The number of nitrogens with zero attached hydrogens (tertiary/aromatic N) is 1. The lowest BCUT2D eigenvalue weighted by molar-refractivity contribution is 0.426. The van der Waals surface area contributed by atoms with Gasteiger partial charge in [-0.05, 0) is 36.0 Å². The van der Waals surface area contributed by atoms with Gasteiger partial charge in [-0.25, -0.2) is 0 Å². The van der Waals surface area contributed by atoms with Crippen LogP contribution < -0.4 is 5.46 Å². The molecular formula is C19H18BNO2. The molecule has 1 heterocycles. The van der Waals surface area contributed by atoms with Gasteiger partial charge in [0.2, 0.25) is 0 Å². The molecule has 0 fully saturated rings. The molecule has 4 heteroatoms. The second-order valence-corrected chi connectivity index (χ2v) is 6.17. The molecule has 3 aromatic rings. The van der Waals surface area contributed by atoms with Crippen LogP contribution in [0.5, 0.6) is 0 Å². The van der Waals surface area contributed by atoms with Crippen molar-refractivity contribution in [3.8, 4) is 0 Å². The van der Waals surface area contributed by atoms with Crippen LogP contribution >= 0.6 is 0 Å². The molecule has 2 N–H and O–H groups in total. The first kappa shape index (κ1) is 14.3. The zero-order valence-electron chi connectivity index (χ0n) is 13.0. The van der Waals surface area contributed by atoms with Crippen molar-refractivity contribution in [2.75, 3.05) is 0 Å². The van der Waals surface area contributed by atoms with E-state index in [4.69, 9.17) is 0 Å². The van der Waals surface area contributed by atoms with Crippen LogP contribution in [0.15, 0.2) is 60.7 Å². The Morgan fingerprint density at radius 2 is 1.83 bits per heavy atom. The first-order valence-corrected chi connectivity index (χ1v) is 7.94. The van der Waals surface area contributed by atoms with Gasteiger partial charge in [0.1, 0.15) is 0 Å². The lowest BCUT2D eigenvalue weighted by atomic mass is 9.77. The monoisotopic (exact) mass is 303 g/mol. The van der Waals surface area contributed by atoms with Gasteiger partial charge in [-0.1, -0.05) is 49.4 Å². The molecule has 3 nitrogen and oxygen atoms in total. The Balaban J connectivity index is 2.15. The van der Waals surface area contributed by atoms with Crippen molar-refractivity contribution in [1.29, 1.82) is 0 Å². The topological polar surface area (TPSA) is 45.4 Å². The van der Waals surface area contributed by atoms with E-state index in [1.807, 2.05) is 30.3 Å². The number of benzene rings is 2. The summed E-state index contributed by atoms with van der Waals surface area (Å²) in [6, 6.07) is 13.8. The Kier molecular flexibility index (Phi) is 3.36. The number of rotatable bonds is 2. The van der Waals surface area contributed by atoms with Gasteiger partial charge in [-0.3, -0.25) is 0 Å². The quantitative estimate of drug-likeness (QED) is 0.715. The number of hydrogen-bond donors (Lipinski definition) is 2. The molecular weight excluding hydrogens is 285 g/mol. The molecule has 0 amide bonds. The van der Waals surface area contributed by atoms with E-state index in [2.05, 4.69) is 35.8 Å². The summed E-state index contributed by atoms with van der Waals surface area (Å²) in [6.07, 6.45) is 7.68. The Morgan fingerprint density at radius 1 is 1.04 bits per heavy atom. The Hall–Kier alpha value is -2.30. The molecule has 1 atom stereocenters. The molecule has 23 heavy (non-hydrogen) atoms. The van der Waals surface area contributed by atoms with Crippen molar-refractivity contribution in [2.45, 2.75) is 13.3 Å². The van der Waals surface area contributed by atoms with Gasteiger partial charge in [0.25, 0.3) is 0 Å². The predicted molar refractivity (Wildman–Crippen MR) is 96.5 cm³/mol. The third kappa shape index (κ3) is 2.22. The zero-order valence-corrected chi connectivity index (χ0v) is 13.0. The second-order valence-electron chi connectivity index (χ2n) is 6.17. The third-order valence-corrected chi connectivity index (χ3v) is 4.52. The molecule has 0 radical (unpaired) electrons. The summed E-state index contributed by atoms with van der Waals surface area (Å²) in [4.78, 5) is 0. The van der Waals surface area contributed by atoms with E-state index in [0.29, 0.717) is 11.4 Å². The van der Waals surface area contributed by atoms with Gasteiger partial charge in [-0.2, -0.15) is 0 Å². The molecule has 0 aliphatic heterocycles. The number of fused-ring (bicyclic) bond motifs is 3. The van der Waals surface area contributed by atoms with E-state index >= 15 is 0 Å². The average Bonchev–Trinajstić information content (AvgIpc) is 2.89. The summed E-state index contributed by atoms with van der Waals surface area (Å²) < 4.78 is 2.21. The van der Waals surface area contributed by atoms with Crippen LogP contribution in [-0.2, 0) is 0 Å². The number of para-hydroxylation sites is 1. The molecule has 0 bridgehead atoms. The highest BCUT2D eigenvalue weighted by Crippen LogP contribution is 2.33. The first-order chi connectivity index (χ1) is 11.2. The van der Waals surface area contributed by atoms with Gasteiger partial charge in [-0.15, -0.1) is 0 Å². The van der Waals surface area contributed by atoms with E-state index in [1.54, 1.807) is 6.07 Å². The minimum atomic E-state index is -1.48. The molecule has 0 saturated heterocycles. The highest BCUT2D eigenvalue weighted by molar-refractivity contribution is 6.63. The van der Waals surface area contributed by atoms with Crippen molar-refractivity contribution < 1.29 is 10.0 Å². The molecule has 1 aliphatic carbocycles. The summed E-state index contributed by atoms with van der Waals surface area (Å²) >= 11 is 0. The largest absolute Gasteiger partial charge is 0.489 e. The zero-order chi connectivity index (χ0) is 16.0. The van der Waals surface area contributed by atoms with Gasteiger partial charge in [0, 0.05) is 16.5 Å². The van der Waals surface area contributed by atoms with Crippen LogP contribution in [0.25, 0.3) is 27.5 Å². The van der Waals surface area contributed by atoms with Crippen LogP contribution in [0.2, 0.25) is 0 Å². The van der Waals surface area contributed by atoms with Crippen LogP contribution in [0.1, 0.15) is 13.3 Å². The Bertz CT molecular complexity index is 953. The SMILES string of the molecule is CC1C=C(n2c3ccccc3c3c(B(O)O)cccc32)C=CC1. The molecule has 1 aromatic heterocycles. The Labute approximate surface area is 135 Å². The van der Waals surface area contributed by atoms with Crippen LogP contribution in [-0.4, -0.2) is 21.7 Å². The summed E-state index contributed by atoms with van der Waals surface area (Å²) in [6.45, 7) is 2.21. The molecule has 4 rings (SSSR count). The highest BCUT2D eigenvalue weighted by Gasteiger charge is 2.21. The summed E-state index contributed by atoms with van der Waals surface area (Å²) in [5, 5.41) is 21.5. The van der Waals surface area contributed by atoms with E-state index in [1.165, 1.54) is 0 Å². The second kappa shape index (κ2) is 5.41. The fraction of sp³-hybridized carbons (Fsp3) is 0.158. The molecule has 1 unspecified atom stereocenters. The van der Waals surface area contributed by atoms with Gasteiger partial charge >= 0.3 is 7.12 Å². The van der Waals surface area contributed by atoms with Crippen molar-refractivity contribution in [2.24, 2.45) is 5.92 Å². The van der Waals surface area contributed by atoms with E-state index in [9.17, 15) is 10.0 Å². The van der Waals surface area contributed by atoms with Crippen LogP contribution in [0.4, 0.5) is 0 Å². The van der Waals surface area contributed by atoms with Crippen molar-refractivity contribution in [3.05, 3.63) is 60.7 Å². The minimum absolute atomic E-state index is 0.498. The average molecular weight is 303 g/mol. The number of hydrogen-bond acceptors (Lipinski definition) is 2. The van der Waals surface area contributed by atoms with Crippen LogP contribution in [0, 0.1) is 5.92 Å². The summed E-state index contributed by atoms with van der Waals surface area (Å²) in [7, 11) is -1.48. The molecule has 2 aromatic carbocycles. The molecule has 0 saturated carbocycles. The van der Waals surface area contributed by atoms with Gasteiger partial charge in [0.15, 0.2) is 0 Å². The fourth-order valence-corrected chi connectivity index (χ4v) is 3.51. The minimum Gasteiger partial charge on any atom is -0.423 e. The molecule has 1 aliphatic rings. The third-order valence-electron chi connectivity index (χ3n) is 4.52. The fourth-order valence-electron chi connectivity index (χ4n) is 3.51. The highest BCUT2D eigenvalue weighted by atomic mass is 16.4. The molecule has 0 spiro atoms. The van der Waals surface area contributed by atoms with Gasteiger partial charge in [0.05, 0.1) is 11.0 Å². The maximum atomic E-state index is 9.76. The normalized spacial score (nSPS) is 17.7. The Morgan fingerprint density at radius 3 is 2.61 bits per heavy atom. The summed E-state index contributed by atoms with van der Waals surface area (Å²) in [5.74, 6) is 0.498. The molecule has 114 valence electrons. The lowest BCUT2D eigenvalue weighted by Crippen LogP contribution is -2.30. The smallest absolute Gasteiger partial charge is 0.423 e. The summed E-state index contributed by atoms with van der Waals surface area (Å²) in [5.41, 5.74) is 3.77. The first-order valence-electron chi connectivity index (χ1n) is 7.94.